The van der Waals surface area contributed by atoms with Gasteiger partial charge in [0.1, 0.15) is 5.75 Å². The van der Waals surface area contributed by atoms with Crippen molar-refractivity contribution in [3.8, 4) is 5.75 Å². The topological polar surface area (TPSA) is 35.2 Å². The molecule has 0 aromatic heterocycles. The average molecular weight is 191 g/mol. The van der Waals surface area contributed by atoms with Gasteiger partial charge in [0.05, 0.1) is 7.11 Å². The summed E-state index contributed by atoms with van der Waals surface area (Å²) in [5.41, 5.74) is 7.36. The molecule has 0 aliphatic heterocycles. The van der Waals surface area contributed by atoms with Crippen LogP contribution in [0.5, 0.6) is 5.75 Å². The summed E-state index contributed by atoms with van der Waals surface area (Å²) < 4.78 is 5.35. The van der Waals surface area contributed by atoms with Gasteiger partial charge in [0, 0.05) is 12.0 Å². The normalized spacial score (nSPS) is 26.4. The molecule has 2 atom stereocenters. The van der Waals surface area contributed by atoms with Gasteiger partial charge < -0.3 is 10.5 Å². The summed E-state index contributed by atoms with van der Waals surface area (Å²) in [5, 5.41) is 0. The smallest absolute Gasteiger partial charge is 0.122 e. The largest absolute Gasteiger partial charge is 0.496 e. The predicted octanol–water partition coefficient (Wildman–Crippen LogP) is 2.29. The molecule has 1 aromatic carbocycles. The average Bonchev–Trinajstić information content (AvgIpc) is 2.64. The molecule has 76 valence electrons. The first-order valence-electron chi connectivity index (χ1n) is 5.21. The summed E-state index contributed by atoms with van der Waals surface area (Å²) in [6, 6.07) is 8.52. The van der Waals surface area contributed by atoms with Crippen LogP contribution in [0.1, 0.15) is 30.7 Å². The Morgan fingerprint density at radius 2 is 2.07 bits per heavy atom. The molecule has 0 heterocycles. The van der Waals surface area contributed by atoms with Gasteiger partial charge in [-0.2, -0.15) is 0 Å². The number of benzene rings is 1. The van der Waals surface area contributed by atoms with Crippen molar-refractivity contribution in [1.29, 1.82) is 0 Å². The molecule has 2 rings (SSSR count). The van der Waals surface area contributed by atoms with Gasteiger partial charge in [-0.3, -0.25) is 0 Å². The van der Waals surface area contributed by atoms with Crippen molar-refractivity contribution in [2.24, 2.45) is 5.73 Å². The minimum Gasteiger partial charge on any atom is -0.496 e. The molecule has 0 amide bonds. The van der Waals surface area contributed by atoms with E-state index in [2.05, 4.69) is 12.1 Å². The van der Waals surface area contributed by atoms with E-state index in [1.807, 2.05) is 12.1 Å². The third-order valence-corrected chi connectivity index (χ3v) is 3.11. The lowest BCUT2D eigenvalue weighted by Gasteiger charge is -2.18. The summed E-state index contributed by atoms with van der Waals surface area (Å²) >= 11 is 0. The molecular formula is C12H17NO. The van der Waals surface area contributed by atoms with Crippen molar-refractivity contribution >= 4 is 0 Å². The number of hydrogen-bond donors (Lipinski definition) is 1. The summed E-state index contributed by atoms with van der Waals surface area (Å²) in [6.45, 7) is 0. The minimum absolute atomic E-state index is 0.311. The SMILES string of the molecule is COc1ccccc1C1CCCC1N. The highest BCUT2D eigenvalue weighted by Gasteiger charge is 2.27. The molecule has 1 fully saturated rings. The first-order chi connectivity index (χ1) is 6.83. The van der Waals surface area contributed by atoms with Crippen molar-refractivity contribution < 1.29 is 4.74 Å². The Balaban J connectivity index is 2.30. The number of para-hydroxylation sites is 1. The highest BCUT2D eigenvalue weighted by molar-refractivity contribution is 5.37. The van der Waals surface area contributed by atoms with Crippen LogP contribution < -0.4 is 10.5 Å². The van der Waals surface area contributed by atoms with Crippen LogP contribution in [0.2, 0.25) is 0 Å². The Hall–Kier alpha value is -1.02. The molecule has 0 saturated heterocycles. The van der Waals surface area contributed by atoms with E-state index < -0.39 is 0 Å². The molecule has 2 N–H and O–H groups in total. The number of methoxy groups -OCH3 is 1. The molecule has 2 unspecified atom stereocenters. The summed E-state index contributed by atoms with van der Waals surface area (Å²) in [7, 11) is 1.72. The van der Waals surface area contributed by atoms with E-state index in [9.17, 15) is 0 Å². The zero-order chi connectivity index (χ0) is 9.97. The van der Waals surface area contributed by atoms with Crippen LogP contribution >= 0.6 is 0 Å². The maximum absolute atomic E-state index is 6.08. The van der Waals surface area contributed by atoms with Gasteiger partial charge in [-0.1, -0.05) is 24.6 Å². The number of hydrogen-bond acceptors (Lipinski definition) is 2. The van der Waals surface area contributed by atoms with Crippen molar-refractivity contribution in [2.45, 2.75) is 31.2 Å². The fraction of sp³-hybridized carbons (Fsp3) is 0.500. The first kappa shape index (κ1) is 9.53. The van der Waals surface area contributed by atoms with Crippen LogP contribution in [0.15, 0.2) is 24.3 Å². The van der Waals surface area contributed by atoms with Crippen molar-refractivity contribution in [1.82, 2.24) is 0 Å². The molecule has 0 spiro atoms. The maximum atomic E-state index is 6.08. The Morgan fingerprint density at radius 3 is 2.71 bits per heavy atom. The van der Waals surface area contributed by atoms with Crippen molar-refractivity contribution in [3.05, 3.63) is 29.8 Å². The lowest BCUT2D eigenvalue weighted by molar-refractivity contribution is 0.403. The second-order valence-corrected chi connectivity index (χ2v) is 3.94. The molecule has 0 radical (unpaired) electrons. The van der Waals surface area contributed by atoms with Gasteiger partial charge >= 0.3 is 0 Å². The highest BCUT2D eigenvalue weighted by atomic mass is 16.5. The molecule has 0 bridgehead atoms. The predicted molar refractivity (Wildman–Crippen MR) is 57.6 cm³/mol. The Bertz CT molecular complexity index is 311. The number of ether oxygens (including phenoxy) is 1. The molecule has 1 aliphatic rings. The summed E-state index contributed by atoms with van der Waals surface area (Å²) in [4.78, 5) is 0. The van der Waals surface area contributed by atoms with Crippen LogP contribution in [0, 0.1) is 0 Å². The van der Waals surface area contributed by atoms with Crippen LogP contribution in [0.25, 0.3) is 0 Å². The third-order valence-electron chi connectivity index (χ3n) is 3.11. The van der Waals surface area contributed by atoms with Crippen LogP contribution in [-0.2, 0) is 0 Å². The van der Waals surface area contributed by atoms with Gasteiger partial charge in [-0.05, 0) is 24.5 Å². The Morgan fingerprint density at radius 1 is 1.29 bits per heavy atom. The molecular weight excluding hydrogens is 174 g/mol. The maximum Gasteiger partial charge on any atom is 0.122 e. The summed E-state index contributed by atoms with van der Waals surface area (Å²) in [5.74, 6) is 1.47. The van der Waals surface area contributed by atoms with E-state index in [0.29, 0.717) is 12.0 Å². The van der Waals surface area contributed by atoms with E-state index in [1.165, 1.54) is 18.4 Å². The van der Waals surface area contributed by atoms with Crippen LogP contribution in [0.3, 0.4) is 0 Å². The quantitative estimate of drug-likeness (QED) is 0.778. The van der Waals surface area contributed by atoms with E-state index >= 15 is 0 Å². The second kappa shape index (κ2) is 4.01. The van der Waals surface area contributed by atoms with E-state index in [0.717, 1.165) is 12.2 Å². The second-order valence-electron chi connectivity index (χ2n) is 3.94. The van der Waals surface area contributed by atoms with E-state index in [1.54, 1.807) is 7.11 Å². The Kier molecular flexibility index (Phi) is 2.73. The van der Waals surface area contributed by atoms with E-state index in [-0.39, 0.29) is 0 Å². The lowest BCUT2D eigenvalue weighted by Crippen LogP contribution is -2.23. The van der Waals surface area contributed by atoms with Gasteiger partial charge in [-0.15, -0.1) is 0 Å². The Labute approximate surface area is 85.1 Å². The fourth-order valence-electron chi connectivity index (χ4n) is 2.35. The third kappa shape index (κ3) is 1.62. The molecule has 2 nitrogen and oxygen atoms in total. The number of rotatable bonds is 2. The standard InChI is InChI=1S/C12H17NO/c1-14-12-8-3-2-5-10(12)9-6-4-7-11(9)13/h2-3,5,8-9,11H,4,6-7,13H2,1H3. The van der Waals surface area contributed by atoms with Gasteiger partial charge in [0.15, 0.2) is 0 Å². The molecule has 2 heteroatoms. The zero-order valence-corrected chi connectivity index (χ0v) is 8.57. The van der Waals surface area contributed by atoms with Gasteiger partial charge in [0.25, 0.3) is 0 Å². The molecule has 1 aromatic rings. The molecule has 1 saturated carbocycles. The van der Waals surface area contributed by atoms with E-state index in [4.69, 9.17) is 10.5 Å². The monoisotopic (exact) mass is 191 g/mol. The first-order valence-corrected chi connectivity index (χ1v) is 5.21. The fourth-order valence-corrected chi connectivity index (χ4v) is 2.35. The zero-order valence-electron chi connectivity index (χ0n) is 8.57. The van der Waals surface area contributed by atoms with Crippen LogP contribution in [0.4, 0.5) is 0 Å². The number of nitrogens with two attached hydrogens (primary N) is 1. The van der Waals surface area contributed by atoms with Gasteiger partial charge in [-0.25, -0.2) is 0 Å². The highest BCUT2D eigenvalue weighted by Crippen LogP contribution is 2.37. The molecule has 14 heavy (non-hydrogen) atoms. The lowest BCUT2D eigenvalue weighted by atomic mass is 9.94. The van der Waals surface area contributed by atoms with Crippen molar-refractivity contribution in [2.75, 3.05) is 7.11 Å². The van der Waals surface area contributed by atoms with Gasteiger partial charge in [0.2, 0.25) is 0 Å². The van der Waals surface area contributed by atoms with Crippen molar-refractivity contribution in [3.63, 3.8) is 0 Å². The van der Waals surface area contributed by atoms with Crippen LogP contribution in [-0.4, -0.2) is 13.2 Å². The molecule has 1 aliphatic carbocycles. The minimum atomic E-state index is 0.311. The summed E-state index contributed by atoms with van der Waals surface area (Å²) in [6.07, 6.45) is 3.58.